The van der Waals surface area contributed by atoms with Crippen LogP contribution in [0.5, 0.6) is 5.75 Å². The molecule has 0 aliphatic rings. The van der Waals surface area contributed by atoms with Gasteiger partial charge >= 0.3 is 5.97 Å². The number of amides is 1. The van der Waals surface area contributed by atoms with Gasteiger partial charge in [-0.05, 0) is 54.8 Å². The summed E-state index contributed by atoms with van der Waals surface area (Å²) in [6, 6.07) is 9.47. The standard InChI is InChI=1S/C26H24ClFN4O4S2/c1-14-9-18(10-15(2)23(14)27)36-11-20-30-31-26(32(20)3)38-13-21(33)29-24-22(25(34)35-4)19(12-37-24)16-5-7-17(28)8-6-16/h5-10,12H,11,13H2,1-4H3,(H,29,33). The Morgan fingerprint density at radius 2 is 1.84 bits per heavy atom. The molecule has 0 bridgehead atoms. The molecule has 38 heavy (non-hydrogen) atoms. The lowest BCUT2D eigenvalue weighted by atomic mass is 10.0. The van der Waals surface area contributed by atoms with Crippen LogP contribution in [0.2, 0.25) is 5.02 Å². The molecule has 0 saturated heterocycles. The van der Waals surface area contributed by atoms with Gasteiger partial charge in [0, 0.05) is 23.0 Å². The Morgan fingerprint density at radius 3 is 2.50 bits per heavy atom. The van der Waals surface area contributed by atoms with Gasteiger partial charge in [-0.3, -0.25) is 4.79 Å². The van der Waals surface area contributed by atoms with Gasteiger partial charge in [0.1, 0.15) is 28.7 Å². The first-order chi connectivity index (χ1) is 18.2. The second-order valence-corrected chi connectivity index (χ2v) is 10.5. The van der Waals surface area contributed by atoms with Crippen LogP contribution in [-0.4, -0.2) is 39.5 Å². The van der Waals surface area contributed by atoms with Gasteiger partial charge in [-0.25, -0.2) is 9.18 Å². The molecule has 0 aliphatic heterocycles. The normalized spacial score (nSPS) is 10.9. The molecule has 1 amide bonds. The maximum atomic E-state index is 13.4. The van der Waals surface area contributed by atoms with Crippen molar-refractivity contribution >= 4 is 51.6 Å². The summed E-state index contributed by atoms with van der Waals surface area (Å²) in [5, 5.41) is 14.4. The summed E-state index contributed by atoms with van der Waals surface area (Å²) in [5.74, 6) is -0.0140. The van der Waals surface area contributed by atoms with E-state index in [1.807, 2.05) is 26.0 Å². The Hall–Kier alpha value is -3.41. The summed E-state index contributed by atoms with van der Waals surface area (Å²) in [7, 11) is 3.06. The number of aromatic nitrogens is 3. The Kier molecular flexibility index (Phi) is 8.70. The number of nitrogens with zero attached hydrogens (tertiary/aromatic N) is 3. The summed E-state index contributed by atoms with van der Waals surface area (Å²) in [4.78, 5) is 25.2. The first kappa shape index (κ1) is 27.6. The summed E-state index contributed by atoms with van der Waals surface area (Å²) < 4.78 is 25.9. The highest BCUT2D eigenvalue weighted by molar-refractivity contribution is 7.99. The van der Waals surface area contributed by atoms with Crippen LogP contribution < -0.4 is 10.1 Å². The van der Waals surface area contributed by atoms with Crippen LogP contribution in [0.25, 0.3) is 11.1 Å². The van der Waals surface area contributed by atoms with Crippen LogP contribution in [0.4, 0.5) is 9.39 Å². The number of halogens is 2. The SMILES string of the molecule is COC(=O)c1c(-c2ccc(F)cc2)csc1NC(=O)CSc1nnc(COc2cc(C)c(Cl)c(C)c2)n1C. The summed E-state index contributed by atoms with van der Waals surface area (Å²) in [5.41, 5.74) is 3.25. The van der Waals surface area contributed by atoms with Crippen molar-refractivity contribution in [2.45, 2.75) is 25.6 Å². The number of hydrogen-bond acceptors (Lipinski definition) is 8. The number of ether oxygens (including phenoxy) is 2. The van der Waals surface area contributed by atoms with Gasteiger partial charge in [0.2, 0.25) is 5.91 Å². The number of hydrogen-bond donors (Lipinski definition) is 1. The van der Waals surface area contributed by atoms with E-state index in [1.165, 1.54) is 42.3 Å². The largest absolute Gasteiger partial charge is 0.486 e. The number of thiophene rings is 1. The first-order valence-corrected chi connectivity index (χ1v) is 13.6. The number of benzene rings is 2. The van der Waals surface area contributed by atoms with Crippen molar-refractivity contribution in [3.05, 3.63) is 75.1 Å². The van der Waals surface area contributed by atoms with E-state index in [1.54, 1.807) is 29.1 Å². The van der Waals surface area contributed by atoms with Gasteiger partial charge in [0.15, 0.2) is 11.0 Å². The number of thioether (sulfide) groups is 1. The van der Waals surface area contributed by atoms with Crippen LogP contribution in [0.1, 0.15) is 27.3 Å². The van der Waals surface area contributed by atoms with Crippen LogP contribution in [0.15, 0.2) is 46.9 Å². The zero-order valence-corrected chi connectivity index (χ0v) is 23.4. The number of nitrogens with one attached hydrogen (secondary N) is 1. The number of carbonyl (C=O) groups excluding carboxylic acids is 2. The van der Waals surface area contributed by atoms with Crippen LogP contribution in [0.3, 0.4) is 0 Å². The highest BCUT2D eigenvalue weighted by Gasteiger charge is 2.23. The minimum absolute atomic E-state index is 0.0345. The number of methoxy groups -OCH3 is 1. The lowest BCUT2D eigenvalue weighted by Gasteiger charge is -2.10. The second kappa shape index (κ2) is 12.0. The maximum absolute atomic E-state index is 13.4. The highest BCUT2D eigenvalue weighted by atomic mass is 35.5. The second-order valence-electron chi connectivity index (χ2n) is 8.31. The molecule has 1 N–H and O–H groups in total. The van der Waals surface area contributed by atoms with E-state index in [0.717, 1.165) is 11.1 Å². The van der Waals surface area contributed by atoms with Crippen LogP contribution in [-0.2, 0) is 23.2 Å². The molecule has 0 radical (unpaired) electrons. The summed E-state index contributed by atoms with van der Waals surface area (Å²) in [6.45, 7) is 4.02. The molecule has 198 valence electrons. The van der Waals surface area contributed by atoms with E-state index in [9.17, 15) is 14.0 Å². The van der Waals surface area contributed by atoms with Crippen LogP contribution >= 0.6 is 34.7 Å². The predicted molar refractivity (Wildman–Crippen MR) is 147 cm³/mol. The fourth-order valence-corrected chi connectivity index (χ4v) is 5.44. The molecule has 4 rings (SSSR count). The molecule has 4 aromatic rings. The van der Waals surface area contributed by atoms with E-state index < -0.39 is 5.97 Å². The Balaban J connectivity index is 1.40. The first-order valence-electron chi connectivity index (χ1n) is 11.3. The molecule has 2 aromatic heterocycles. The van der Waals surface area contributed by atoms with Crippen molar-refractivity contribution in [3.8, 4) is 16.9 Å². The number of anilines is 1. The number of esters is 1. The molecular weight excluding hydrogens is 551 g/mol. The van der Waals surface area contributed by atoms with Crippen molar-refractivity contribution in [1.82, 2.24) is 14.8 Å². The van der Waals surface area contributed by atoms with E-state index in [-0.39, 0.29) is 29.6 Å². The maximum Gasteiger partial charge on any atom is 0.341 e. The van der Waals surface area contributed by atoms with Crippen molar-refractivity contribution in [2.24, 2.45) is 7.05 Å². The third-order valence-corrected chi connectivity index (χ3v) is 8.14. The average Bonchev–Trinajstić information content (AvgIpc) is 3.47. The fraction of sp³-hybridized carbons (Fsp3) is 0.231. The van der Waals surface area contributed by atoms with Gasteiger partial charge in [0.05, 0.1) is 12.9 Å². The average molecular weight is 575 g/mol. The Bertz CT molecular complexity index is 1460. The zero-order chi connectivity index (χ0) is 27.4. The van der Waals surface area contributed by atoms with Gasteiger partial charge < -0.3 is 19.4 Å². The van der Waals surface area contributed by atoms with Gasteiger partial charge in [-0.1, -0.05) is 35.5 Å². The molecule has 2 heterocycles. The van der Waals surface area contributed by atoms with Gasteiger partial charge in [0.25, 0.3) is 0 Å². The Morgan fingerprint density at radius 1 is 1.16 bits per heavy atom. The molecule has 0 atom stereocenters. The summed E-state index contributed by atoms with van der Waals surface area (Å²) in [6.07, 6.45) is 0. The predicted octanol–water partition coefficient (Wildman–Crippen LogP) is 6.05. The minimum atomic E-state index is -0.599. The molecule has 0 aliphatic carbocycles. The molecule has 12 heteroatoms. The smallest absolute Gasteiger partial charge is 0.341 e. The minimum Gasteiger partial charge on any atom is -0.486 e. The van der Waals surface area contributed by atoms with E-state index in [0.29, 0.717) is 37.9 Å². The fourth-order valence-electron chi connectivity index (χ4n) is 3.62. The zero-order valence-electron chi connectivity index (χ0n) is 21.0. The van der Waals surface area contributed by atoms with Crippen molar-refractivity contribution < 1.29 is 23.5 Å². The van der Waals surface area contributed by atoms with Crippen molar-refractivity contribution in [1.29, 1.82) is 0 Å². The molecular formula is C26H24ClFN4O4S2. The van der Waals surface area contributed by atoms with E-state index >= 15 is 0 Å². The molecule has 8 nitrogen and oxygen atoms in total. The number of aryl methyl sites for hydroxylation is 2. The van der Waals surface area contributed by atoms with Gasteiger partial charge in [-0.2, -0.15) is 0 Å². The third kappa shape index (κ3) is 6.17. The van der Waals surface area contributed by atoms with Gasteiger partial charge in [-0.15, -0.1) is 21.5 Å². The lowest BCUT2D eigenvalue weighted by Crippen LogP contribution is -2.16. The molecule has 0 spiro atoms. The Labute approximate surface area is 232 Å². The quantitative estimate of drug-likeness (QED) is 0.192. The molecule has 0 fully saturated rings. The molecule has 0 saturated carbocycles. The van der Waals surface area contributed by atoms with E-state index in [4.69, 9.17) is 21.1 Å². The monoisotopic (exact) mass is 574 g/mol. The van der Waals surface area contributed by atoms with Crippen molar-refractivity contribution in [3.63, 3.8) is 0 Å². The highest BCUT2D eigenvalue weighted by Crippen LogP contribution is 2.36. The molecule has 2 aromatic carbocycles. The van der Waals surface area contributed by atoms with Crippen LogP contribution in [0, 0.1) is 19.7 Å². The summed E-state index contributed by atoms with van der Waals surface area (Å²) >= 11 is 8.61. The van der Waals surface area contributed by atoms with Crippen molar-refractivity contribution in [2.75, 3.05) is 18.2 Å². The number of carbonyl (C=O) groups is 2. The van der Waals surface area contributed by atoms with E-state index in [2.05, 4.69) is 15.5 Å². The lowest BCUT2D eigenvalue weighted by molar-refractivity contribution is -0.113. The third-order valence-electron chi connectivity index (χ3n) is 5.62. The topological polar surface area (TPSA) is 95.3 Å². The number of rotatable bonds is 9. The molecule has 0 unspecified atom stereocenters.